The van der Waals surface area contributed by atoms with Crippen LogP contribution in [0.25, 0.3) is 0 Å². The van der Waals surface area contributed by atoms with Gasteiger partial charge < -0.3 is 10.4 Å². The van der Waals surface area contributed by atoms with Crippen molar-refractivity contribution in [2.24, 2.45) is 0 Å². The highest BCUT2D eigenvalue weighted by molar-refractivity contribution is 7.80. The molecule has 2 rings (SSSR count). The van der Waals surface area contributed by atoms with E-state index in [-0.39, 0.29) is 5.56 Å². The third-order valence-electron chi connectivity index (χ3n) is 3.10. The molecule has 0 saturated carbocycles. The van der Waals surface area contributed by atoms with E-state index in [1.165, 1.54) is 17.7 Å². The number of hydrazine groups is 1. The van der Waals surface area contributed by atoms with E-state index in [2.05, 4.69) is 23.1 Å². The second-order valence-corrected chi connectivity index (χ2v) is 5.01. The summed E-state index contributed by atoms with van der Waals surface area (Å²) in [7, 11) is 0. The first kappa shape index (κ1) is 15.8. The Morgan fingerprint density at radius 3 is 2.45 bits per heavy atom. The molecule has 0 heterocycles. The lowest BCUT2D eigenvalue weighted by atomic mass is 10.1. The Hall–Kier alpha value is -2.60. The molecule has 0 saturated heterocycles. The largest absolute Gasteiger partial charge is 0.478 e. The van der Waals surface area contributed by atoms with E-state index in [4.69, 9.17) is 17.3 Å². The number of carboxylic acid groups (broad SMARTS) is 1. The van der Waals surface area contributed by atoms with Gasteiger partial charge in [-0.25, -0.2) is 4.79 Å². The Balaban J connectivity index is 1.91. The quantitative estimate of drug-likeness (QED) is 0.501. The monoisotopic (exact) mass is 315 g/mol. The maximum Gasteiger partial charge on any atom is 0.335 e. The molecule has 2 aromatic carbocycles. The topological polar surface area (TPSA) is 73.4 Å². The molecule has 0 fully saturated rings. The number of aromatic carboxylic acids is 1. The van der Waals surface area contributed by atoms with Crippen LogP contribution in [0.15, 0.2) is 48.5 Å². The number of nitrogens with one attached hydrogen (secondary N) is 3. The maximum absolute atomic E-state index is 10.8. The molecular weight excluding hydrogens is 298 g/mol. The molecule has 2 aromatic rings. The van der Waals surface area contributed by atoms with Gasteiger partial charge in [0.05, 0.1) is 11.3 Å². The predicted molar refractivity (Wildman–Crippen MR) is 92.2 cm³/mol. The van der Waals surface area contributed by atoms with Gasteiger partial charge in [0.15, 0.2) is 5.11 Å². The molecular formula is C16H17N3O2S. The standard InChI is InChI=1S/C16H17N3O2S/c1-2-11-5-3-4-6-14(11)17-16(22)19-18-13-9-7-12(8-10-13)15(20)21/h3-10,18H,2H2,1H3,(H,20,21)(H2,17,19,22). The van der Waals surface area contributed by atoms with Crippen molar-refractivity contribution in [3.8, 4) is 0 Å². The van der Waals surface area contributed by atoms with E-state index in [9.17, 15) is 4.79 Å². The van der Waals surface area contributed by atoms with Gasteiger partial charge in [-0.05, 0) is 54.5 Å². The van der Waals surface area contributed by atoms with Gasteiger partial charge in [-0.15, -0.1) is 0 Å². The summed E-state index contributed by atoms with van der Waals surface area (Å²) >= 11 is 5.23. The van der Waals surface area contributed by atoms with Crippen molar-refractivity contribution < 1.29 is 9.90 Å². The molecule has 0 spiro atoms. The number of benzene rings is 2. The SMILES string of the molecule is CCc1ccccc1NC(=S)NNc1ccc(C(=O)O)cc1. The highest BCUT2D eigenvalue weighted by Crippen LogP contribution is 2.15. The van der Waals surface area contributed by atoms with Crippen molar-refractivity contribution in [3.05, 3.63) is 59.7 Å². The molecule has 0 unspecified atom stereocenters. The Morgan fingerprint density at radius 2 is 1.82 bits per heavy atom. The van der Waals surface area contributed by atoms with Crippen LogP contribution in [-0.4, -0.2) is 16.2 Å². The van der Waals surface area contributed by atoms with Crippen molar-refractivity contribution in [2.75, 3.05) is 10.7 Å². The van der Waals surface area contributed by atoms with E-state index >= 15 is 0 Å². The van der Waals surface area contributed by atoms with Crippen LogP contribution in [0, 0.1) is 0 Å². The van der Waals surface area contributed by atoms with Gasteiger partial charge in [-0.3, -0.25) is 10.9 Å². The Morgan fingerprint density at radius 1 is 1.14 bits per heavy atom. The predicted octanol–water partition coefficient (Wildman–Crippen LogP) is 3.26. The van der Waals surface area contributed by atoms with Crippen LogP contribution >= 0.6 is 12.2 Å². The van der Waals surface area contributed by atoms with Gasteiger partial charge in [0, 0.05) is 5.69 Å². The zero-order valence-corrected chi connectivity index (χ0v) is 12.9. The Labute approximate surface area is 134 Å². The van der Waals surface area contributed by atoms with E-state index in [1.807, 2.05) is 24.3 Å². The first-order valence-corrected chi connectivity index (χ1v) is 7.25. The summed E-state index contributed by atoms with van der Waals surface area (Å²) < 4.78 is 0. The number of aryl methyl sites for hydroxylation is 1. The van der Waals surface area contributed by atoms with Crippen LogP contribution in [0.5, 0.6) is 0 Å². The van der Waals surface area contributed by atoms with Gasteiger partial charge in [0.1, 0.15) is 0 Å². The molecule has 0 aliphatic rings. The van der Waals surface area contributed by atoms with Crippen LogP contribution in [-0.2, 0) is 6.42 Å². The smallest absolute Gasteiger partial charge is 0.335 e. The lowest BCUT2D eigenvalue weighted by Gasteiger charge is -2.14. The summed E-state index contributed by atoms with van der Waals surface area (Å²) in [5.74, 6) is -0.951. The number of carbonyl (C=O) groups is 1. The van der Waals surface area contributed by atoms with Crippen molar-refractivity contribution >= 4 is 34.7 Å². The minimum absolute atomic E-state index is 0.239. The summed E-state index contributed by atoms with van der Waals surface area (Å²) in [6, 6.07) is 14.3. The van der Waals surface area contributed by atoms with E-state index in [1.54, 1.807) is 12.1 Å². The highest BCUT2D eigenvalue weighted by atomic mass is 32.1. The van der Waals surface area contributed by atoms with Gasteiger partial charge in [-0.2, -0.15) is 0 Å². The summed E-state index contributed by atoms with van der Waals surface area (Å²) in [4.78, 5) is 10.8. The molecule has 0 radical (unpaired) electrons. The number of hydrogen-bond donors (Lipinski definition) is 4. The fraction of sp³-hybridized carbons (Fsp3) is 0.125. The normalized spacial score (nSPS) is 9.86. The molecule has 0 bridgehead atoms. The van der Waals surface area contributed by atoms with E-state index in [0.717, 1.165) is 17.8 Å². The molecule has 114 valence electrons. The Bertz CT molecular complexity index is 671. The van der Waals surface area contributed by atoms with Gasteiger partial charge >= 0.3 is 5.97 Å². The molecule has 4 N–H and O–H groups in total. The van der Waals surface area contributed by atoms with Crippen LogP contribution in [0.4, 0.5) is 11.4 Å². The summed E-state index contributed by atoms with van der Waals surface area (Å²) in [6.45, 7) is 2.08. The number of para-hydroxylation sites is 1. The average molecular weight is 315 g/mol. The number of hydrogen-bond acceptors (Lipinski definition) is 3. The first-order chi connectivity index (χ1) is 10.6. The summed E-state index contributed by atoms with van der Waals surface area (Å²) in [6.07, 6.45) is 0.913. The van der Waals surface area contributed by atoms with Crippen LogP contribution in [0.2, 0.25) is 0 Å². The minimum Gasteiger partial charge on any atom is -0.478 e. The number of anilines is 2. The first-order valence-electron chi connectivity index (χ1n) is 6.84. The van der Waals surface area contributed by atoms with Crippen molar-refractivity contribution in [1.29, 1.82) is 0 Å². The third kappa shape index (κ3) is 4.20. The minimum atomic E-state index is -0.951. The molecule has 0 atom stereocenters. The van der Waals surface area contributed by atoms with Gasteiger partial charge in [0.25, 0.3) is 0 Å². The zero-order chi connectivity index (χ0) is 15.9. The number of rotatable bonds is 5. The van der Waals surface area contributed by atoms with Crippen molar-refractivity contribution in [3.63, 3.8) is 0 Å². The molecule has 0 aliphatic heterocycles. The van der Waals surface area contributed by atoms with Crippen molar-refractivity contribution in [2.45, 2.75) is 13.3 Å². The number of carboxylic acids is 1. The van der Waals surface area contributed by atoms with Gasteiger partial charge in [-0.1, -0.05) is 25.1 Å². The fourth-order valence-corrected chi connectivity index (χ4v) is 2.09. The third-order valence-corrected chi connectivity index (χ3v) is 3.30. The van der Waals surface area contributed by atoms with E-state index in [0.29, 0.717) is 5.11 Å². The summed E-state index contributed by atoms with van der Waals surface area (Å²) in [5, 5.41) is 12.4. The molecule has 22 heavy (non-hydrogen) atoms. The second kappa shape index (κ2) is 7.42. The van der Waals surface area contributed by atoms with Crippen LogP contribution in [0.1, 0.15) is 22.8 Å². The lowest BCUT2D eigenvalue weighted by molar-refractivity contribution is 0.0697. The number of thiocarbonyl (C=S) groups is 1. The second-order valence-electron chi connectivity index (χ2n) is 4.60. The van der Waals surface area contributed by atoms with Crippen LogP contribution in [0.3, 0.4) is 0 Å². The van der Waals surface area contributed by atoms with Crippen LogP contribution < -0.4 is 16.2 Å². The molecule has 0 amide bonds. The Kier molecular flexibility index (Phi) is 5.32. The van der Waals surface area contributed by atoms with E-state index < -0.39 is 5.97 Å². The molecule has 5 nitrogen and oxygen atoms in total. The molecule has 6 heteroatoms. The highest BCUT2D eigenvalue weighted by Gasteiger charge is 2.03. The lowest BCUT2D eigenvalue weighted by Crippen LogP contribution is -2.33. The zero-order valence-electron chi connectivity index (χ0n) is 12.1. The molecule has 0 aromatic heterocycles. The van der Waals surface area contributed by atoms with Gasteiger partial charge in [0.2, 0.25) is 0 Å². The summed E-state index contributed by atoms with van der Waals surface area (Å²) in [5.41, 5.74) is 8.89. The maximum atomic E-state index is 10.8. The van der Waals surface area contributed by atoms with Crippen molar-refractivity contribution in [1.82, 2.24) is 5.43 Å². The fourth-order valence-electron chi connectivity index (χ4n) is 1.93. The molecule has 0 aliphatic carbocycles. The average Bonchev–Trinajstić information content (AvgIpc) is 2.54.